The van der Waals surface area contributed by atoms with Crippen LogP contribution in [0.1, 0.15) is 12.1 Å². The number of thiocarbonyl (C=S) groups is 1. The molecule has 0 radical (unpaired) electrons. The second-order valence-electron chi connectivity index (χ2n) is 3.93. The number of amides is 1. The van der Waals surface area contributed by atoms with Gasteiger partial charge in [0.05, 0.1) is 10.6 Å². The van der Waals surface area contributed by atoms with Gasteiger partial charge >= 0.3 is 0 Å². The number of aromatic nitrogens is 1. The maximum Gasteiger partial charge on any atom is 0.266 e. The van der Waals surface area contributed by atoms with Crippen LogP contribution in [0.25, 0.3) is 6.08 Å². The lowest BCUT2D eigenvalue weighted by molar-refractivity contribution is -0.122. The Balaban J connectivity index is 2.07. The van der Waals surface area contributed by atoms with Crippen molar-refractivity contribution in [2.75, 3.05) is 18.6 Å². The Kier molecular flexibility index (Phi) is 5.42. The standard InChI is InChI=1S/C13H14N2OS3/c1-18-8-4-7-15-12(16)11(19-13(15)17)9-10-5-2-3-6-14-10/h2-3,5-6,9H,4,7-8H2,1H3. The fourth-order valence-electron chi connectivity index (χ4n) is 1.66. The van der Waals surface area contributed by atoms with Crippen LogP contribution in [0, 0.1) is 0 Å². The minimum Gasteiger partial charge on any atom is -0.293 e. The zero-order chi connectivity index (χ0) is 13.7. The molecule has 1 aromatic heterocycles. The first-order chi connectivity index (χ1) is 9.22. The van der Waals surface area contributed by atoms with E-state index in [0.29, 0.717) is 15.8 Å². The average Bonchev–Trinajstić information content (AvgIpc) is 2.68. The normalized spacial score (nSPS) is 17.5. The van der Waals surface area contributed by atoms with Crippen LogP contribution in [0.15, 0.2) is 29.3 Å². The molecule has 3 nitrogen and oxygen atoms in total. The molecule has 0 spiro atoms. The number of pyridine rings is 1. The highest BCUT2D eigenvalue weighted by Crippen LogP contribution is 2.32. The molecule has 1 fully saturated rings. The van der Waals surface area contributed by atoms with E-state index in [0.717, 1.165) is 17.9 Å². The largest absolute Gasteiger partial charge is 0.293 e. The van der Waals surface area contributed by atoms with Crippen molar-refractivity contribution < 1.29 is 4.79 Å². The number of thioether (sulfide) groups is 2. The summed E-state index contributed by atoms with van der Waals surface area (Å²) in [4.78, 5) is 18.8. The summed E-state index contributed by atoms with van der Waals surface area (Å²) >= 11 is 8.40. The molecule has 1 amide bonds. The number of rotatable bonds is 5. The van der Waals surface area contributed by atoms with E-state index in [1.165, 1.54) is 11.8 Å². The summed E-state index contributed by atoms with van der Waals surface area (Å²) in [6, 6.07) is 5.63. The van der Waals surface area contributed by atoms with Gasteiger partial charge in [0.25, 0.3) is 5.91 Å². The van der Waals surface area contributed by atoms with E-state index in [2.05, 4.69) is 11.2 Å². The smallest absolute Gasteiger partial charge is 0.266 e. The van der Waals surface area contributed by atoms with Gasteiger partial charge in [-0.15, -0.1) is 0 Å². The fraction of sp³-hybridized carbons (Fsp3) is 0.308. The van der Waals surface area contributed by atoms with Crippen molar-refractivity contribution in [3.8, 4) is 0 Å². The summed E-state index contributed by atoms with van der Waals surface area (Å²) in [6.07, 6.45) is 6.54. The van der Waals surface area contributed by atoms with Crippen LogP contribution in [-0.4, -0.2) is 38.7 Å². The number of hydrogen-bond donors (Lipinski definition) is 0. The molecule has 1 aliphatic heterocycles. The maximum absolute atomic E-state index is 12.2. The Bertz CT molecular complexity index is 502. The highest BCUT2D eigenvalue weighted by molar-refractivity contribution is 8.26. The van der Waals surface area contributed by atoms with Gasteiger partial charge in [-0.3, -0.25) is 14.7 Å². The van der Waals surface area contributed by atoms with Gasteiger partial charge in [0, 0.05) is 12.7 Å². The van der Waals surface area contributed by atoms with Crippen LogP contribution < -0.4 is 0 Å². The summed E-state index contributed by atoms with van der Waals surface area (Å²) in [5.41, 5.74) is 0.784. The predicted molar refractivity (Wildman–Crippen MR) is 87.1 cm³/mol. The molecule has 0 N–H and O–H groups in total. The van der Waals surface area contributed by atoms with Crippen LogP contribution in [0.3, 0.4) is 0 Å². The number of carbonyl (C=O) groups excluding carboxylic acids is 1. The molecule has 100 valence electrons. The van der Waals surface area contributed by atoms with Crippen molar-refractivity contribution in [1.29, 1.82) is 0 Å². The van der Waals surface area contributed by atoms with Gasteiger partial charge in [-0.1, -0.05) is 30.0 Å². The molecule has 0 atom stereocenters. The lowest BCUT2D eigenvalue weighted by Gasteiger charge is -2.13. The summed E-state index contributed by atoms with van der Waals surface area (Å²) < 4.78 is 0.647. The first kappa shape index (κ1) is 14.6. The molecule has 2 rings (SSSR count). The van der Waals surface area contributed by atoms with Gasteiger partial charge < -0.3 is 0 Å². The third kappa shape index (κ3) is 3.81. The van der Waals surface area contributed by atoms with E-state index in [4.69, 9.17) is 12.2 Å². The summed E-state index contributed by atoms with van der Waals surface area (Å²) in [5, 5.41) is 0. The van der Waals surface area contributed by atoms with Crippen molar-refractivity contribution in [2.24, 2.45) is 0 Å². The van der Waals surface area contributed by atoms with Gasteiger partial charge in [0.15, 0.2) is 0 Å². The second kappa shape index (κ2) is 7.07. The Morgan fingerprint density at radius 2 is 2.37 bits per heavy atom. The highest BCUT2D eigenvalue weighted by atomic mass is 32.2. The quantitative estimate of drug-likeness (QED) is 0.474. The van der Waals surface area contributed by atoms with Gasteiger partial charge in [0.2, 0.25) is 0 Å². The molecule has 2 heterocycles. The Morgan fingerprint density at radius 3 is 3.05 bits per heavy atom. The van der Waals surface area contributed by atoms with Crippen LogP contribution in [0.5, 0.6) is 0 Å². The van der Waals surface area contributed by atoms with Crippen molar-refractivity contribution in [1.82, 2.24) is 9.88 Å². The zero-order valence-corrected chi connectivity index (χ0v) is 13.0. The van der Waals surface area contributed by atoms with Gasteiger partial charge in [-0.25, -0.2) is 0 Å². The first-order valence-corrected chi connectivity index (χ1v) is 8.49. The number of carbonyl (C=O) groups is 1. The Hall–Kier alpha value is -0.850. The van der Waals surface area contributed by atoms with Gasteiger partial charge in [-0.2, -0.15) is 11.8 Å². The van der Waals surface area contributed by atoms with E-state index in [-0.39, 0.29) is 5.91 Å². The molecule has 1 aromatic rings. The van der Waals surface area contributed by atoms with Crippen molar-refractivity contribution >= 4 is 52.0 Å². The molecule has 1 saturated heterocycles. The van der Waals surface area contributed by atoms with Crippen molar-refractivity contribution in [3.05, 3.63) is 35.0 Å². The molecule has 0 aliphatic carbocycles. The molecule has 0 aromatic carbocycles. The number of hydrogen-bond acceptors (Lipinski definition) is 5. The summed E-state index contributed by atoms with van der Waals surface area (Å²) in [5.74, 6) is 1.04. The first-order valence-electron chi connectivity index (χ1n) is 5.87. The lowest BCUT2D eigenvalue weighted by atomic mass is 10.3. The SMILES string of the molecule is CSCCCN1C(=O)C(=Cc2ccccn2)SC1=S. The predicted octanol–water partition coefficient (Wildman–Crippen LogP) is 3.04. The van der Waals surface area contributed by atoms with Crippen LogP contribution in [0.2, 0.25) is 0 Å². The molecule has 0 saturated carbocycles. The van der Waals surface area contributed by atoms with Gasteiger partial charge in [-0.05, 0) is 36.6 Å². The Labute approximate surface area is 126 Å². The summed E-state index contributed by atoms with van der Waals surface area (Å²) in [6.45, 7) is 0.699. The second-order valence-corrected chi connectivity index (χ2v) is 6.60. The van der Waals surface area contributed by atoms with E-state index in [1.807, 2.05) is 18.2 Å². The molecular formula is C13H14N2OS3. The molecule has 19 heavy (non-hydrogen) atoms. The summed E-state index contributed by atoms with van der Waals surface area (Å²) in [7, 11) is 0. The molecule has 6 heteroatoms. The fourth-order valence-corrected chi connectivity index (χ4v) is 3.37. The van der Waals surface area contributed by atoms with Crippen LogP contribution in [-0.2, 0) is 4.79 Å². The molecule has 0 bridgehead atoms. The zero-order valence-electron chi connectivity index (χ0n) is 10.5. The van der Waals surface area contributed by atoms with Crippen molar-refractivity contribution in [3.63, 3.8) is 0 Å². The molecule has 1 aliphatic rings. The minimum atomic E-state index is 0.00163. The maximum atomic E-state index is 12.2. The van der Waals surface area contributed by atoms with Crippen molar-refractivity contribution in [2.45, 2.75) is 6.42 Å². The third-order valence-electron chi connectivity index (χ3n) is 2.57. The number of nitrogens with zero attached hydrogens (tertiary/aromatic N) is 2. The highest BCUT2D eigenvalue weighted by Gasteiger charge is 2.31. The molecular weight excluding hydrogens is 296 g/mol. The van der Waals surface area contributed by atoms with E-state index < -0.39 is 0 Å². The topological polar surface area (TPSA) is 33.2 Å². The van der Waals surface area contributed by atoms with Crippen LogP contribution in [0.4, 0.5) is 0 Å². The van der Waals surface area contributed by atoms with Gasteiger partial charge in [0.1, 0.15) is 4.32 Å². The van der Waals surface area contributed by atoms with E-state index in [9.17, 15) is 4.79 Å². The van der Waals surface area contributed by atoms with Crippen LogP contribution >= 0.6 is 35.7 Å². The third-order valence-corrected chi connectivity index (χ3v) is 4.65. The Morgan fingerprint density at radius 1 is 1.53 bits per heavy atom. The van der Waals surface area contributed by atoms with E-state index in [1.54, 1.807) is 28.9 Å². The molecule has 0 unspecified atom stereocenters. The average molecular weight is 310 g/mol. The monoisotopic (exact) mass is 310 g/mol. The van der Waals surface area contributed by atoms with E-state index >= 15 is 0 Å². The lowest BCUT2D eigenvalue weighted by Crippen LogP contribution is -2.29. The minimum absolute atomic E-state index is 0.00163.